The predicted molar refractivity (Wildman–Crippen MR) is 82.6 cm³/mol. The zero-order valence-corrected chi connectivity index (χ0v) is 13.4. The molecule has 1 N–H and O–H groups in total. The highest BCUT2D eigenvalue weighted by molar-refractivity contribution is 9.10. The number of hydrogen-bond acceptors (Lipinski definition) is 2. The average molecular weight is 370 g/mol. The van der Waals surface area contributed by atoms with Gasteiger partial charge >= 0.3 is 0 Å². The fourth-order valence-corrected chi connectivity index (χ4v) is 2.23. The number of hydrogen-bond donors (Lipinski definition) is 1. The van der Waals surface area contributed by atoms with Crippen molar-refractivity contribution in [1.29, 1.82) is 0 Å². The second-order valence-corrected chi connectivity index (χ2v) is 5.62. The van der Waals surface area contributed by atoms with E-state index in [0.717, 1.165) is 16.6 Å². The Morgan fingerprint density at radius 1 is 1.23 bits per heavy atom. The predicted octanol–water partition coefficient (Wildman–Crippen LogP) is 3.98. The molecule has 0 aliphatic carbocycles. The van der Waals surface area contributed by atoms with E-state index in [1.54, 1.807) is 25.1 Å². The van der Waals surface area contributed by atoms with Crippen molar-refractivity contribution in [2.24, 2.45) is 0 Å². The molecule has 0 spiro atoms. The fourth-order valence-electron chi connectivity index (χ4n) is 1.85. The second kappa shape index (κ2) is 7.35. The van der Waals surface area contributed by atoms with E-state index in [2.05, 4.69) is 21.2 Å². The number of amides is 1. The monoisotopic (exact) mass is 369 g/mol. The summed E-state index contributed by atoms with van der Waals surface area (Å²) < 4.78 is 32.2. The number of ether oxygens (including phenoxy) is 1. The zero-order valence-electron chi connectivity index (χ0n) is 11.8. The van der Waals surface area contributed by atoms with E-state index in [1.165, 1.54) is 6.07 Å². The molecule has 0 aromatic heterocycles. The van der Waals surface area contributed by atoms with Crippen LogP contribution in [0.3, 0.4) is 0 Å². The highest BCUT2D eigenvalue weighted by atomic mass is 79.9. The van der Waals surface area contributed by atoms with E-state index in [0.29, 0.717) is 11.3 Å². The first-order chi connectivity index (χ1) is 10.5. The number of rotatable bonds is 5. The summed E-state index contributed by atoms with van der Waals surface area (Å²) in [4.78, 5) is 11.8. The lowest BCUT2D eigenvalue weighted by atomic mass is 10.1. The number of carbonyl (C=O) groups excluding carboxylic acids is 1. The molecule has 0 radical (unpaired) electrons. The van der Waals surface area contributed by atoms with Crippen LogP contribution in [0.4, 0.5) is 8.78 Å². The summed E-state index contributed by atoms with van der Waals surface area (Å²) in [5.74, 6) is -1.65. The van der Waals surface area contributed by atoms with Gasteiger partial charge in [-0.05, 0) is 42.8 Å². The lowest BCUT2D eigenvalue weighted by Crippen LogP contribution is -2.31. The van der Waals surface area contributed by atoms with Gasteiger partial charge in [-0.1, -0.05) is 28.1 Å². The van der Waals surface area contributed by atoms with E-state index < -0.39 is 17.7 Å². The summed E-state index contributed by atoms with van der Waals surface area (Å²) >= 11 is 3.31. The van der Waals surface area contributed by atoms with Crippen molar-refractivity contribution < 1.29 is 18.3 Å². The van der Waals surface area contributed by atoms with Crippen molar-refractivity contribution in [2.75, 3.05) is 6.61 Å². The summed E-state index contributed by atoms with van der Waals surface area (Å²) in [6, 6.07) is 10.2. The Morgan fingerprint density at radius 2 is 2.00 bits per heavy atom. The van der Waals surface area contributed by atoms with Crippen LogP contribution in [0, 0.1) is 11.6 Å². The molecule has 0 fully saturated rings. The first-order valence-electron chi connectivity index (χ1n) is 6.58. The number of benzene rings is 2. The fraction of sp³-hybridized carbons (Fsp3) is 0.188. The summed E-state index contributed by atoms with van der Waals surface area (Å²) in [6.45, 7) is 1.52. The summed E-state index contributed by atoms with van der Waals surface area (Å²) in [5.41, 5.74) is 0.481. The molecular weight excluding hydrogens is 356 g/mol. The maximum absolute atomic E-state index is 13.2. The maximum Gasteiger partial charge on any atom is 0.258 e. The third-order valence-corrected chi connectivity index (χ3v) is 3.48. The van der Waals surface area contributed by atoms with Crippen LogP contribution in [0.15, 0.2) is 46.9 Å². The van der Waals surface area contributed by atoms with Crippen LogP contribution in [0.1, 0.15) is 18.5 Å². The van der Waals surface area contributed by atoms with Gasteiger partial charge in [-0.25, -0.2) is 8.78 Å². The molecule has 2 aromatic rings. The van der Waals surface area contributed by atoms with Crippen molar-refractivity contribution in [3.8, 4) is 5.75 Å². The van der Waals surface area contributed by atoms with E-state index >= 15 is 0 Å². The zero-order chi connectivity index (χ0) is 16.1. The molecule has 0 saturated carbocycles. The van der Waals surface area contributed by atoms with Crippen LogP contribution in [-0.4, -0.2) is 12.5 Å². The number of halogens is 3. The van der Waals surface area contributed by atoms with E-state index in [1.807, 2.05) is 6.07 Å². The van der Waals surface area contributed by atoms with Gasteiger partial charge in [0, 0.05) is 4.47 Å². The quantitative estimate of drug-likeness (QED) is 0.865. The normalized spacial score (nSPS) is 11.8. The summed E-state index contributed by atoms with van der Waals surface area (Å²) in [6.07, 6.45) is 0. The van der Waals surface area contributed by atoms with Crippen molar-refractivity contribution in [3.63, 3.8) is 0 Å². The molecule has 1 unspecified atom stereocenters. The second-order valence-electron chi connectivity index (χ2n) is 4.71. The molecule has 0 heterocycles. The molecule has 2 rings (SSSR count). The van der Waals surface area contributed by atoms with Gasteiger partial charge in [0.25, 0.3) is 5.91 Å². The molecule has 3 nitrogen and oxygen atoms in total. The average Bonchev–Trinajstić information content (AvgIpc) is 2.48. The Balaban J connectivity index is 1.89. The Bertz CT molecular complexity index is 679. The van der Waals surface area contributed by atoms with Gasteiger partial charge < -0.3 is 10.1 Å². The topological polar surface area (TPSA) is 38.3 Å². The molecule has 0 aliphatic heterocycles. The molecule has 2 aromatic carbocycles. The van der Waals surface area contributed by atoms with E-state index in [9.17, 15) is 13.6 Å². The SMILES string of the molecule is CC(NC(=O)COc1cccc(Br)c1)c1ccc(F)c(F)c1. The number of nitrogens with one attached hydrogen (secondary N) is 1. The van der Waals surface area contributed by atoms with Crippen LogP contribution in [0.25, 0.3) is 0 Å². The van der Waals surface area contributed by atoms with E-state index in [4.69, 9.17) is 4.74 Å². The molecule has 0 saturated heterocycles. The van der Waals surface area contributed by atoms with Crippen molar-refractivity contribution in [1.82, 2.24) is 5.32 Å². The minimum atomic E-state index is -0.941. The van der Waals surface area contributed by atoms with Crippen LogP contribution < -0.4 is 10.1 Å². The van der Waals surface area contributed by atoms with Gasteiger partial charge in [-0.2, -0.15) is 0 Å². The first kappa shape index (κ1) is 16.4. The number of carbonyl (C=O) groups is 1. The van der Waals surface area contributed by atoms with Gasteiger partial charge in [0.2, 0.25) is 0 Å². The van der Waals surface area contributed by atoms with Gasteiger partial charge in [-0.3, -0.25) is 4.79 Å². The lowest BCUT2D eigenvalue weighted by Gasteiger charge is -2.15. The van der Waals surface area contributed by atoms with Crippen LogP contribution in [-0.2, 0) is 4.79 Å². The Kier molecular flexibility index (Phi) is 5.49. The Hall–Kier alpha value is -1.95. The minimum Gasteiger partial charge on any atom is -0.484 e. The van der Waals surface area contributed by atoms with Crippen LogP contribution >= 0.6 is 15.9 Å². The van der Waals surface area contributed by atoms with Gasteiger partial charge in [0.05, 0.1) is 6.04 Å². The van der Waals surface area contributed by atoms with Crippen molar-refractivity contribution >= 4 is 21.8 Å². The Labute approximate surface area is 135 Å². The summed E-state index contributed by atoms with van der Waals surface area (Å²) in [7, 11) is 0. The standard InChI is InChI=1S/C16H14BrF2NO2/c1-10(11-5-6-14(18)15(19)7-11)20-16(21)9-22-13-4-2-3-12(17)8-13/h2-8,10H,9H2,1H3,(H,20,21). The molecular formula is C16H14BrF2NO2. The van der Waals surface area contributed by atoms with Gasteiger partial charge in [0.1, 0.15) is 5.75 Å². The summed E-state index contributed by atoms with van der Waals surface area (Å²) in [5, 5.41) is 2.66. The Morgan fingerprint density at radius 3 is 2.68 bits per heavy atom. The van der Waals surface area contributed by atoms with Crippen LogP contribution in [0.2, 0.25) is 0 Å². The third kappa shape index (κ3) is 4.53. The highest BCUT2D eigenvalue weighted by Gasteiger charge is 2.12. The highest BCUT2D eigenvalue weighted by Crippen LogP contribution is 2.18. The maximum atomic E-state index is 13.2. The molecule has 0 aliphatic rings. The van der Waals surface area contributed by atoms with E-state index in [-0.39, 0.29) is 12.5 Å². The van der Waals surface area contributed by atoms with Crippen molar-refractivity contribution in [3.05, 3.63) is 64.1 Å². The lowest BCUT2D eigenvalue weighted by molar-refractivity contribution is -0.123. The van der Waals surface area contributed by atoms with Gasteiger partial charge in [-0.15, -0.1) is 0 Å². The van der Waals surface area contributed by atoms with Crippen LogP contribution in [0.5, 0.6) is 5.75 Å². The minimum absolute atomic E-state index is 0.162. The molecule has 22 heavy (non-hydrogen) atoms. The first-order valence-corrected chi connectivity index (χ1v) is 7.37. The molecule has 6 heteroatoms. The largest absolute Gasteiger partial charge is 0.484 e. The van der Waals surface area contributed by atoms with Crippen molar-refractivity contribution in [2.45, 2.75) is 13.0 Å². The van der Waals surface area contributed by atoms with Gasteiger partial charge in [0.15, 0.2) is 18.2 Å². The third-order valence-electron chi connectivity index (χ3n) is 2.99. The molecule has 0 bridgehead atoms. The smallest absolute Gasteiger partial charge is 0.258 e. The molecule has 1 atom stereocenters. The molecule has 1 amide bonds. The molecule has 116 valence electrons.